The van der Waals surface area contributed by atoms with Gasteiger partial charge in [-0.2, -0.15) is 0 Å². The quantitative estimate of drug-likeness (QED) is 0.457. The third-order valence-corrected chi connectivity index (χ3v) is 5.26. The summed E-state index contributed by atoms with van der Waals surface area (Å²) in [5, 5.41) is 0. The average molecular weight is 382 g/mol. The maximum atomic E-state index is 12.8. The van der Waals surface area contributed by atoms with Crippen LogP contribution in [0.4, 0.5) is 5.95 Å². The molecule has 6 heteroatoms. The summed E-state index contributed by atoms with van der Waals surface area (Å²) in [6.07, 6.45) is 0. The molecular weight excluding hydrogens is 352 g/mol. The summed E-state index contributed by atoms with van der Waals surface area (Å²) in [5.74, 6) is 1.36. The summed E-state index contributed by atoms with van der Waals surface area (Å²) in [5.41, 5.74) is 9.16. The van der Waals surface area contributed by atoms with E-state index in [1.807, 2.05) is 22.8 Å². The van der Waals surface area contributed by atoms with E-state index in [0.717, 1.165) is 43.0 Å². The first-order valence-electron chi connectivity index (χ1n) is 9.75. The number of hydrogen-bond acceptors (Lipinski definition) is 4. The first-order valence-corrected chi connectivity index (χ1v) is 9.75. The lowest BCUT2D eigenvalue weighted by Gasteiger charge is -2.17. The molecule has 148 valence electrons. The van der Waals surface area contributed by atoms with Crippen molar-refractivity contribution in [1.29, 1.82) is 0 Å². The van der Waals surface area contributed by atoms with Crippen molar-refractivity contribution in [2.24, 2.45) is 0 Å². The molecule has 0 aliphatic heterocycles. The monoisotopic (exact) mass is 381 g/mol. The highest BCUT2D eigenvalue weighted by Gasteiger charge is 2.23. The van der Waals surface area contributed by atoms with Gasteiger partial charge in [0.2, 0.25) is 0 Å². The molecule has 0 aliphatic carbocycles. The third kappa shape index (κ3) is 4.02. The van der Waals surface area contributed by atoms with Crippen LogP contribution in [0.2, 0.25) is 0 Å². The molecule has 0 unspecified atom stereocenters. The molecule has 0 atom stereocenters. The lowest BCUT2D eigenvalue weighted by atomic mass is 10.1. The number of nitrogens with two attached hydrogens (primary N) is 1. The van der Waals surface area contributed by atoms with E-state index in [1.165, 1.54) is 0 Å². The molecule has 3 aromatic rings. The van der Waals surface area contributed by atoms with Crippen molar-refractivity contribution in [3.05, 3.63) is 54.1 Å². The molecule has 0 bridgehead atoms. The molecule has 0 spiro atoms. The number of para-hydroxylation sites is 2. The second kappa shape index (κ2) is 8.89. The lowest BCUT2D eigenvalue weighted by molar-refractivity contribution is -0.642. The largest absolute Gasteiger partial charge is 0.497 e. The van der Waals surface area contributed by atoms with E-state index < -0.39 is 0 Å². The van der Waals surface area contributed by atoms with Gasteiger partial charge in [-0.05, 0) is 49.5 Å². The number of fused-ring (bicyclic) bond motifs is 1. The van der Waals surface area contributed by atoms with Gasteiger partial charge in [0.15, 0.2) is 5.78 Å². The SMILES string of the molecule is CCN(CC)CCn1c(N)[n+](CC(=O)c2ccc(OC)cc2)c2ccccc21. The van der Waals surface area contributed by atoms with E-state index in [4.69, 9.17) is 10.5 Å². The molecule has 2 aromatic carbocycles. The van der Waals surface area contributed by atoms with E-state index in [-0.39, 0.29) is 12.3 Å². The van der Waals surface area contributed by atoms with E-state index in [9.17, 15) is 4.79 Å². The number of nitrogen functional groups attached to an aromatic ring is 1. The van der Waals surface area contributed by atoms with E-state index >= 15 is 0 Å². The Morgan fingerprint density at radius 2 is 1.79 bits per heavy atom. The van der Waals surface area contributed by atoms with Gasteiger partial charge in [-0.3, -0.25) is 10.5 Å². The van der Waals surface area contributed by atoms with E-state index in [0.29, 0.717) is 11.5 Å². The average Bonchev–Trinajstić information content (AvgIpc) is 3.00. The number of ketones is 1. The Labute approximate surface area is 166 Å². The number of likely N-dealkylation sites (N-methyl/N-ethyl adjacent to an activating group) is 1. The zero-order valence-electron chi connectivity index (χ0n) is 16.9. The van der Waals surface area contributed by atoms with Crippen molar-refractivity contribution < 1.29 is 14.1 Å². The first kappa shape index (κ1) is 19.9. The van der Waals surface area contributed by atoms with Gasteiger partial charge >= 0.3 is 5.95 Å². The van der Waals surface area contributed by atoms with Crippen molar-refractivity contribution in [2.45, 2.75) is 26.9 Å². The number of aromatic nitrogens is 2. The predicted molar refractivity (Wildman–Crippen MR) is 112 cm³/mol. The number of methoxy groups -OCH3 is 1. The van der Waals surface area contributed by atoms with Crippen molar-refractivity contribution in [3.8, 4) is 5.75 Å². The van der Waals surface area contributed by atoms with Crippen LogP contribution in [0.1, 0.15) is 24.2 Å². The zero-order valence-corrected chi connectivity index (χ0v) is 16.9. The number of rotatable bonds is 9. The molecule has 0 fully saturated rings. The Morgan fingerprint density at radius 1 is 1.11 bits per heavy atom. The molecular formula is C22H29N4O2+. The number of imidazole rings is 1. The van der Waals surface area contributed by atoms with Crippen LogP contribution >= 0.6 is 0 Å². The molecule has 6 nitrogen and oxygen atoms in total. The Balaban J connectivity index is 1.90. The first-order chi connectivity index (χ1) is 13.6. The number of ether oxygens (including phenoxy) is 1. The molecule has 2 N–H and O–H groups in total. The minimum absolute atomic E-state index is 0.0194. The minimum Gasteiger partial charge on any atom is -0.497 e. The normalized spacial score (nSPS) is 11.3. The lowest BCUT2D eigenvalue weighted by Crippen LogP contribution is -2.40. The second-order valence-electron chi connectivity index (χ2n) is 6.76. The van der Waals surface area contributed by atoms with Gasteiger partial charge in [-0.1, -0.05) is 26.0 Å². The predicted octanol–water partition coefficient (Wildman–Crippen LogP) is 2.74. The minimum atomic E-state index is 0.0194. The highest BCUT2D eigenvalue weighted by Crippen LogP contribution is 2.17. The standard InChI is InChI=1S/C22H28N4O2/c1-4-24(5-2)14-15-25-19-8-6-7-9-20(19)26(22(25)23)16-21(27)17-10-12-18(28-3)13-11-17/h6-13,23H,4-5,14-16H2,1-3H3/p+1. The van der Waals surface area contributed by atoms with Crippen LogP contribution < -0.4 is 15.0 Å². The van der Waals surface area contributed by atoms with Crippen molar-refractivity contribution in [1.82, 2.24) is 9.47 Å². The van der Waals surface area contributed by atoms with Gasteiger partial charge in [-0.15, -0.1) is 0 Å². The molecule has 0 aliphatic rings. The molecule has 1 heterocycles. The Kier molecular flexibility index (Phi) is 6.31. The van der Waals surface area contributed by atoms with Crippen LogP contribution in [0.5, 0.6) is 5.75 Å². The molecule has 28 heavy (non-hydrogen) atoms. The summed E-state index contributed by atoms with van der Waals surface area (Å²) in [4.78, 5) is 15.2. The molecule has 1 aromatic heterocycles. The fraction of sp³-hybridized carbons (Fsp3) is 0.364. The maximum Gasteiger partial charge on any atom is 0.356 e. The highest BCUT2D eigenvalue weighted by molar-refractivity contribution is 5.95. The third-order valence-electron chi connectivity index (χ3n) is 5.26. The number of hydrogen-bond donors (Lipinski definition) is 1. The van der Waals surface area contributed by atoms with Gasteiger partial charge in [-0.25, -0.2) is 9.13 Å². The maximum absolute atomic E-state index is 12.8. The highest BCUT2D eigenvalue weighted by atomic mass is 16.5. The van der Waals surface area contributed by atoms with Crippen molar-refractivity contribution in [3.63, 3.8) is 0 Å². The molecule has 0 radical (unpaired) electrons. The Morgan fingerprint density at radius 3 is 2.43 bits per heavy atom. The van der Waals surface area contributed by atoms with Gasteiger partial charge in [0.05, 0.1) is 13.7 Å². The van der Waals surface area contributed by atoms with Crippen LogP contribution in [-0.4, -0.2) is 42.0 Å². The fourth-order valence-electron chi connectivity index (χ4n) is 3.51. The molecule has 3 rings (SSSR count). The number of benzene rings is 2. The summed E-state index contributed by atoms with van der Waals surface area (Å²) in [7, 11) is 1.61. The molecule has 0 saturated carbocycles. The number of carbonyl (C=O) groups is 1. The van der Waals surface area contributed by atoms with Crippen LogP contribution in [0.3, 0.4) is 0 Å². The summed E-state index contributed by atoms with van der Waals surface area (Å²) >= 11 is 0. The van der Waals surface area contributed by atoms with E-state index in [2.05, 4.69) is 29.4 Å². The fourth-order valence-corrected chi connectivity index (χ4v) is 3.51. The summed E-state index contributed by atoms with van der Waals surface area (Å²) in [6.45, 7) is 8.25. The number of Topliss-reactive ketones (excluding diaryl/α,β-unsaturated/α-hetero) is 1. The number of nitrogens with zero attached hydrogens (tertiary/aromatic N) is 3. The van der Waals surface area contributed by atoms with Crippen LogP contribution in [-0.2, 0) is 13.1 Å². The molecule has 0 saturated heterocycles. The zero-order chi connectivity index (χ0) is 20.1. The van der Waals surface area contributed by atoms with Crippen LogP contribution in [0.25, 0.3) is 11.0 Å². The summed E-state index contributed by atoms with van der Waals surface area (Å²) < 4.78 is 9.18. The van der Waals surface area contributed by atoms with Crippen molar-refractivity contribution in [2.75, 3.05) is 32.5 Å². The summed E-state index contributed by atoms with van der Waals surface area (Å²) in [6, 6.07) is 15.2. The van der Waals surface area contributed by atoms with Gasteiger partial charge in [0.1, 0.15) is 23.3 Å². The van der Waals surface area contributed by atoms with Gasteiger partial charge in [0.25, 0.3) is 0 Å². The van der Waals surface area contributed by atoms with Crippen LogP contribution in [0, 0.1) is 0 Å². The smallest absolute Gasteiger partial charge is 0.356 e. The van der Waals surface area contributed by atoms with E-state index in [1.54, 1.807) is 31.4 Å². The Bertz CT molecular complexity index is 943. The molecule has 0 amide bonds. The Hall–Kier alpha value is -2.86. The van der Waals surface area contributed by atoms with Gasteiger partial charge < -0.3 is 9.64 Å². The van der Waals surface area contributed by atoms with Crippen LogP contribution in [0.15, 0.2) is 48.5 Å². The number of anilines is 1. The topological polar surface area (TPSA) is 64.4 Å². The number of carbonyl (C=O) groups excluding carboxylic acids is 1. The van der Waals surface area contributed by atoms with Crippen molar-refractivity contribution >= 4 is 22.8 Å². The second-order valence-corrected chi connectivity index (χ2v) is 6.76. The van der Waals surface area contributed by atoms with Gasteiger partial charge in [0, 0.05) is 12.1 Å².